The largest absolute Gasteiger partial charge is 0.488 e. The number of hydrogen-bond acceptors (Lipinski definition) is 8. The third-order valence-electron chi connectivity index (χ3n) is 10.0. The lowest BCUT2D eigenvalue weighted by Crippen LogP contribution is -2.29. The summed E-state index contributed by atoms with van der Waals surface area (Å²) in [4.78, 5) is 15.4. The molecule has 0 atom stereocenters. The van der Waals surface area contributed by atoms with E-state index in [1.54, 1.807) is 85.5 Å². The molecule has 10 aromatic rings. The molecule has 6 aromatic heterocycles. The molecule has 0 aliphatic carbocycles. The van der Waals surface area contributed by atoms with Crippen molar-refractivity contribution < 1.29 is 26.9 Å². The summed E-state index contributed by atoms with van der Waals surface area (Å²) >= 11 is 8.93. The molecule has 0 spiro atoms. The molecule has 312 valence electrons. The number of benzene rings is 4. The van der Waals surface area contributed by atoms with E-state index in [-0.39, 0.29) is 9.79 Å². The number of H-pyrrole nitrogens is 2. The van der Waals surface area contributed by atoms with Crippen molar-refractivity contribution in [3.8, 4) is 11.1 Å². The van der Waals surface area contributed by atoms with E-state index in [0.717, 1.165) is 67.3 Å². The van der Waals surface area contributed by atoms with Crippen LogP contribution in [0.5, 0.6) is 0 Å². The summed E-state index contributed by atoms with van der Waals surface area (Å²) in [6.07, 6.45) is 10.2. The Hall–Kier alpha value is -5.09. The number of aromatic nitrogens is 6. The highest BCUT2D eigenvalue weighted by atomic mass is 127. The van der Waals surface area contributed by atoms with E-state index >= 15 is 0 Å². The average Bonchev–Trinajstić information content (AvgIpc) is 4.07. The van der Waals surface area contributed by atoms with Gasteiger partial charge in [-0.05, 0) is 157 Å². The molecule has 62 heavy (non-hydrogen) atoms. The fraction of sp³-hybridized carbons (Fsp3) is 0.0455. The van der Waals surface area contributed by atoms with Gasteiger partial charge in [-0.2, -0.15) is 0 Å². The summed E-state index contributed by atoms with van der Waals surface area (Å²) in [7, 11) is -8.81. The van der Waals surface area contributed by atoms with Gasteiger partial charge < -0.3 is 20.0 Å². The first-order valence-electron chi connectivity index (χ1n) is 18.7. The molecule has 0 unspecified atom stereocenters. The van der Waals surface area contributed by atoms with Gasteiger partial charge >= 0.3 is 7.12 Å². The van der Waals surface area contributed by atoms with Crippen LogP contribution in [0.3, 0.4) is 0 Å². The van der Waals surface area contributed by atoms with Crippen LogP contribution < -0.4 is 5.46 Å². The zero-order valence-electron chi connectivity index (χ0n) is 32.7. The van der Waals surface area contributed by atoms with Gasteiger partial charge in [0.2, 0.25) is 0 Å². The zero-order valence-corrected chi connectivity index (χ0v) is 39.7. The highest BCUT2D eigenvalue weighted by Crippen LogP contribution is 2.35. The Morgan fingerprint density at radius 3 is 1.65 bits per heavy atom. The molecule has 0 saturated carbocycles. The molecule has 0 radical (unpaired) electrons. The van der Waals surface area contributed by atoms with Gasteiger partial charge in [0, 0.05) is 77.1 Å². The van der Waals surface area contributed by atoms with Gasteiger partial charge in [-0.3, -0.25) is 0 Å². The van der Waals surface area contributed by atoms with Gasteiger partial charge in [0.1, 0.15) is 0 Å². The van der Waals surface area contributed by atoms with Gasteiger partial charge in [-0.25, -0.2) is 34.7 Å². The van der Waals surface area contributed by atoms with Gasteiger partial charge in [0.25, 0.3) is 20.0 Å². The molecule has 10 rings (SSSR count). The van der Waals surface area contributed by atoms with Crippen LogP contribution in [-0.4, -0.2) is 61.9 Å². The second-order valence-corrected chi connectivity index (χ2v) is 20.9. The maximum Gasteiger partial charge on any atom is 0.488 e. The summed E-state index contributed by atoms with van der Waals surface area (Å²) in [5.41, 5.74) is 7.14. The fourth-order valence-electron chi connectivity index (χ4n) is 6.77. The number of aryl methyl sites for hydroxylation is 2. The SMILES string of the molecule is Cc1ccc(S(=O)(=O)n2cc(-c3ccc4[nH]ccc4c3)c3cc(Br)cnc32)cc1.Cc1ccc(S(=O)(=O)n2cc(I)c3cc(Br)cnc32)cc1.OB(O)c1ccc2[nH]ccc2c1. The number of pyridine rings is 2. The average molecular weight is 1100 g/mol. The topological polar surface area (TPSA) is 176 Å². The number of halogens is 3. The zero-order chi connectivity index (χ0) is 43.9. The second kappa shape index (κ2) is 17.6. The highest BCUT2D eigenvalue weighted by molar-refractivity contribution is 14.1. The molecule has 4 aromatic carbocycles. The molecule has 0 fully saturated rings. The molecule has 12 nitrogen and oxygen atoms in total. The Labute approximate surface area is 387 Å². The number of aromatic amines is 2. The smallest absolute Gasteiger partial charge is 0.423 e. The summed E-state index contributed by atoms with van der Waals surface area (Å²) in [6, 6.07) is 32.6. The quantitative estimate of drug-likeness (QED) is 0.0941. The Morgan fingerprint density at radius 2 is 1.10 bits per heavy atom. The molecular formula is C44H34BBr2IN6O6S2. The van der Waals surface area contributed by atoms with Crippen molar-refractivity contribution in [1.29, 1.82) is 0 Å². The van der Waals surface area contributed by atoms with Crippen LogP contribution in [-0.2, 0) is 20.0 Å². The third kappa shape index (κ3) is 8.77. The lowest BCUT2D eigenvalue weighted by Gasteiger charge is -2.07. The van der Waals surface area contributed by atoms with Gasteiger partial charge in [0.05, 0.1) is 9.79 Å². The Bertz CT molecular complexity index is 3500. The van der Waals surface area contributed by atoms with Crippen molar-refractivity contribution in [3.05, 3.63) is 170 Å². The molecular weight excluding hydrogens is 1070 g/mol. The van der Waals surface area contributed by atoms with Crippen molar-refractivity contribution in [2.24, 2.45) is 0 Å². The van der Waals surface area contributed by atoms with Crippen molar-refractivity contribution >= 4 is 131 Å². The van der Waals surface area contributed by atoms with E-state index in [4.69, 9.17) is 10.0 Å². The van der Waals surface area contributed by atoms with Gasteiger partial charge in [-0.15, -0.1) is 0 Å². The maximum absolute atomic E-state index is 13.4. The van der Waals surface area contributed by atoms with Crippen LogP contribution in [0.1, 0.15) is 11.1 Å². The van der Waals surface area contributed by atoms with Crippen LogP contribution in [0.2, 0.25) is 0 Å². The minimum atomic E-state index is -3.78. The first-order chi connectivity index (χ1) is 29.6. The van der Waals surface area contributed by atoms with Crippen molar-refractivity contribution in [1.82, 2.24) is 27.9 Å². The molecule has 0 amide bonds. The van der Waals surface area contributed by atoms with Gasteiger partial charge in [-0.1, -0.05) is 53.6 Å². The Morgan fingerprint density at radius 1 is 0.613 bits per heavy atom. The molecule has 4 N–H and O–H groups in total. The lowest BCUT2D eigenvalue weighted by molar-refractivity contribution is 0.426. The van der Waals surface area contributed by atoms with Gasteiger partial charge in [0.15, 0.2) is 11.3 Å². The van der Waals surface area contributed by atoms with E-state index in [1.807, 2.05) is 74.8 Å². The minimum Gasteiger partial charge on any atom is -0.423 e. The first kappa shape index (κ1) is 43.6. The highest BCUT2D eigenvalue weighted by Gasteiger charge is 2.24. The van der Waals surface area contributed by atoms with E-state index < -0.39 is 27.2 Å². The predicted molar refractivity (Wildman–Crippen MR) is 261 cm³/mol. The van der Waals surface area contributed by atoms with E-state index in [2.05, 4.69) is 74.4 Å². The van der Waals surface area contributed by atoms with Crippen molar-refractivity contribution in [3.63, 3.8) is 0 Å². The van der Waals surface area contributed by atoms with Crippen LogP contribution >= 0.6 is 54.5 Å². The molecule has 18 heteroatoms. The van der Waals surface area contributed by atoms with Crippen molar-refractivity contribution in [2.45, 2.75) is 23.6 Å². The second-order valence-electron chi connectivity index (χ2n) is 14.3. The van der Waals surface area contributed by atoms with E-state index in [9.17, 15) is 16.8 Å². The predicted octanol–water partition coefficient (Wildman–Crippen LogP) is 9.29. The monoisotopic (exact) mass is 1100 g/mol. The number of nitrogens with zero attached hydrogens (tertiary/aromatic N) is 4. The van der Waals surface area contributed by atoms with E-state index in [0.29, 0.717) is 16.8 Å². The van der Waals surface area contributed by atoms with Crippen LogP contribution in [0.25, 0.3) is 55.0 Å². The lowest BCUT2D eigenvalue weighted by atomic mass is 9.80. The van der Waals surface area contributed by atoms with Crippen LogP contribution in [0.15, 0.2) is 165 Å². The molecule has 0 bridgehead atoms. The minimum absolute atomic E-state index is 0.234. The number of fused-ring (bicyclic) bond motifs is 4. The summed E-state index contributed by atoms with van der Waals surface area (Å²) in [5, 5.41) is 21.4. The van der Waals surface area contributed by atoms with Crippen LogP contribution in [0.4, 0.5) is 0 Å². The third-order valence-corrected chi connectivity index (χ3v) is 15.1. The summed E-state index contributed by atoms with van der Waals surface area (Å²) < 4.78 is 57.2. The molecule has 0 saturated heterocycles. The molecule has 0 aliphatic rings. The maximum atomic E-state index is 13.4. The molecule has 0 aliphatic heterocycles. The number of nitrogens with one attached hydrogen (secondary N) is 2. The van der Waals surface area contributed by atoms with Crippen LogP contribution in [0, 0.1) is 17.4 Å². The fourth-order valence-corrected chi connectivity index (χ4v) is 10.9. The standard InChI is InChI=1S/C22H16BrN3O2S.C14H10BrIN2O2S.C8H8BNO2/c1-14-2-5-18(6-3-14)29(27,28)26-13-20(19-11-17(23)12-25-22(19)26)15-4-7-21-16(10-15)8-9-24-21;1-9-2-4-11(5-3-9)21(19,20)18-8-13(16)12-6-10(15)7-17-14(12)18;11-9(12)7-1-2-8-6(5-7)3-4-10-8/h2-13,24H,1H3;2-8H,1H3;1-5,10-12H. The summed E-state index contributed by atoms with van der Waals surface area (Å²) in [6.45, 7) is 3.85. The number of hydrogen-bond donors (Lipinski definition) is 4. The normalized spacial score (nSPS) is 11.7. The summed E-state index contributed by atoms with van der Waals surface area (Å²) in [5.74, 6) is 0. The Balaban J connectivity index is 0.000000140. The molecule has 6 heterocycles. The first-order valence-corrected chi connectivity index (χ1v) is 24.3. The van der Waals surface area contributed by atoms with Crippen molar-refractivity contribution in [2.75, 3.05) is 0 Å². The Kier molecular flexibility index (Phi) is 12.4. The van der Waals surface area contributed by atoms with E-state index in [1.165, 1.54) is 7.94 Å². The number of rotatable bonds is 6.